The van der Waals surface area contributed by atoms with Crippen LogP contribution in [0.25, 0.3) is 0 Å². The van der Waals surface area contributed by atoms with Crippen molar-refractivity contribution in [1.82, 2.24) is 20.3 Å². The highest BCUT2D eigenvalue weighted by molar-refractivity contribution is 5.75. The smallest absolute Gasteiger partial charge is 0.242 e. The van der Waals surface area contributed by atoms with Crippen molar-refractivity contribution < 1.29 is 4.79 Å². The van der Waals surface area contributed by atoms with E-state index in [1.165, 1.54) is 4.68 Å². The van der Waals surface area contributed by atoms with E-state index in [2.05, 4.69) is 22.6 Å². The molecule has 0 radical (unpaired) electrons. The number of hydrogen-bond acceptors (Lipinski definition) is 3. The lowest BCUT2D eigenvalue weighted by Gasteiger charge is -2.12. The third kappa shape index (κ3) is 3.55. The molecule has 0 aromatic carbocycles. The normalized spacial score (nSPS) is 12.4. The quantitative estimate of drug-likeness (QED) is 0.749. The van der Waals surface area contributed by atoms with Gasteiger partial charge in [0.05, 0.1) is 6.20 Å². The predicted octanol–water partition coefficient (Wildman–Crippen LogP) is 0.583. The van der Waals surface area contributed by atoms with Gasteiger partial charge < -0.3 is 5.32 Å². The fourth-order valence-electron chi connectivity index (χ4n) is 1.29. The van der Waals surface area contributed by atoms with Gasteiger partial charge in [-0.2, -0.15) is 0 Å². The van der Waals surface area contributed by atoms with Crippen LogP contribution in [-0.2, 0) is 11.3 Å². The molecule has 1 aromatic heterocycles. The van der Waals surface area contributed by atoms with E-state index in [-0.39, 0.29) is 18.5 Å². The third-order valence-corrected chi connectivity index (χ3v) is 1.91. The molecule has 0 aliphatic rings. The highest BCUT2D eigenvalue weighted by Crippen LogP contribution is 1.94. The molecule has 1 amide bonds. The van der Waals surface area contributed by atoms with Crippen LogP contribution in [0.15, 0.2) is 12.4 Å². The van der Waals surface area contributed by atoms with Crippen molar-refractivity contribution in [2.75, 3.05) is 0 Å². The molecule has 0 bridgehead atoms. The molecule has 1 unspecified atom stereocenters. The Bertz CT molecular complexity index is 270. The van der Waals surface area contributed by atoms with Crippen molar-refractivity contribution in [3.63, 3.8) is 0 Å². The molecule has 14 heavy (non-hydrogen) atoms. The van der Waals surface area contributed by atoms with Crippen molar-refractivity contribution in [3.8, 4) is 0 Å². The number of rotatable bonds is 5. The lowest BCUT2D eigenvalue weighted by Crippen LogP contribution is -2.35. The van der Waals surface area contributed by atoms with Gasteiger partial charge in [0.15, 0.2) is 0 Å². The summed E-state index contributed by atoms with van der Waals surface area (Å²) in [6.45, 7) is 4.34. The van der Waals surface area contributed by atoms with E-state index < -0.39 is 0 Å². The fraction of sp³-hybridized carbons (Fsp3) is 0.667. The maximum Gasteiger partial charge on any atom is 0.242 e. The largest absolute Gasteiger partial charge is 0.352 e. The number of nitrogens with one attached hydrogen (secondary N) is 1. The van der Waals surface area contributed by atoms with Crippen LogP contribution in [-0.4, -0.2) is 26.9 Å². The zero-order chi connectivity index (χ0) is 10.4. The summed E-state index contributed by atoms with van der Waals surface area (Å²) in [5.74, 6) is -0.0172. The van der Waals surface area contributed by atoms with Gasteiger partial charge in [0.25, 0.3) is 0 Å². The summed E-state index contributed by atoms with van der Waals surface area (Å²) < 4.78 is 1.51. The lowest BCUT2D eigenvalue weighted by atomic mass is 10.2. The third-order valence-electron chi connectivity index (χ3n) is 1.91. The molecule has 0 fully saturated rings. The number of amides is 1. The van der Waals surface area contributed by atoms with Gasteiger partial charge in [0.2, 0.25) is 5.91 Å². The monoisotopic (exact) mass is 196 g/mol. The van der Waals surface area contributed by atoms with Crippen LogP contribution in [0.2, 0.25) is 0 Å². The molecule has 0 aliphatic carbocycles. The Morgan fingerprint density at radius 2 is 2.43 bits per heavy atom. The molecule has 0 saturated heterocycles. The summed E-state index contributed by atoms with van der Waals surface area (Å²) in [5, 5.41) is 10.2. The van der Waals surface area contributed by atoms with Gasteiger partial charge in [-0.15, -0.1) is 5.10 Å². The summed E-state index contributed by atoms with van der Waals surface area (Å²) in [7, 11) is 0. The summed E-state index contributed by atoms with van der Waals surface area (Å²) in [6, 6.07) is 0.232. The minimum absolute atomic E-state index is 0.0172. The number of aromatic nitrogens is 3. The average molecular weight is 196 g/mol. The van der Waals surface area contributed by atoms with Crippen LogP contribution in [0.1, 0.15) is 26.7 Å². The van der Waals surface area contributed by atoms with Crippen LogP contribution >= 0.6 is 0 Å². The Labute approximate surface area is 83.5 Å². The van der Waals surface area contributed by atoms with E-state index in [4.69, 9.17) is 0 Å². The number of carbonyl (C=O) groups is 1. The van der Waals surface area contributed by atoms with E-state index in [0.29, 0.717) is 0 Å². The van der Waals surface area contributed by atoms with E-state index in [0.717, 1.165) is 12.8 Å². The molecule has 0 spiro atoms. The molecule has 1 N–H and O–H groups in total. The van der Waals surface area contributed by atoms with Gasteiger partial charge in [-0.1, -0.05) is 18.6 Å². The van der Waals surface area contributed by atoms with E-state index in [1.807, 2.05) is 6.92 Å². The van der Waals surface area contributed by atoms with E-state index in [1.54, 1.807) is 12.4 Å². The highest BCUT2D eigenvalue weighted by Gasteiger charge is 2.06. The van der Waals surface area contributed by atoms with Gasteiger partial charge in [-0.05, 0) is 13.3 Å². The second-order valence-electron chi connectivity index (χ2n) is 3.36. The van der Waals surface area contributed by atoms with Crippen LogP contribution < -0.4 is 5.32 Å². The molecule has 1 aromatic rings. The van der Waals surface area contributed by atoms with E-state index in [9.17, 15) is 4.79 Å². The first kappa shape index (κ1) is 10.7. The SMILES string of the molecule is CCCC(C)NC(=O)Cn1ccnn1. The van der Waals surface area contributed by atoms with Crippen molar-refractivity contribution in [2.45, 2.75) is 39.3 Å². The zero-order valence-electron chi connectivity index (χ0n) is 8.60. The van der Waals surface area contributed by atoms with Gasteiger partial charge in [0, 0.05) is 12.2 Å². The second kappa shape index (κ2) is 5.36. The minimum Gasteiger partial charge on any atom is -0.352 e. The number of carbonyl (C=O) groups excluding carboxylic acids is 1. The molecule has 78 valence electrons. The number of hydrogen-bond donors (Lipinski definition) is 1. The van der Waals surface area contributed by atoms with Crippen molar-refractivity contribution in [3.05, 3.63) is 12.4 Å². The lowest BCUT2D eigenvalue weighted by molar-refractivity contribution is -0.122. The van der Waals surface area contributed by atoms with Crippen molar-refractivity contribution in [1.29, 1.82) is 0 Å². The van der Waals surface area contributed by atoms with Gasteiger partial charge in [0.1, 0.15) is 6.54 Å². The topological polar surface area (TPSA) is 59.8 Å². The molecular weight excluding hydrogens is 180 g/mol. The summed E-state index contributed by atoms with van der Waals surface area (Å²) in [6.07, 6.45) is 5.31. The molecule has 5 nitrogen and oxygen atoms in total. The Balaban J connectivity index is 2.29. The van der Waals surface area contributed by atoms with E-state index >= 15 is 0 Å². The van der Waals surface area contributed by atoms with Crippen LogP contribution in [0.5, 0.6) is 0 Å². The molecule has 5 heteroatoms. The Hall–Kier alpha value is -1.39. The first-order valence-corrected chi connectivity index (χ1v) is 4.86. The van der Waals surface area contributed by atoms with Crippen LogP contribution in [0.4, 0.5) is 0 Å². The number of nitrogens with zero attached hydrogens (tertiary/aromatic N) is 3. The molecule has 0 saturated carbocycles. The molecule has 1 atom stereocenters. The van der Waals surface area contributed by atoms with Crippen LogP contribution in [0.3, 0.4) is 0 Å². The summed E-state index contributed by atoms with van der Waals surface area (Å²) >= 11 is 0. The van der Waals surface area contributed by atoms with Gasteiger partial charge in [-0.3, -0.25) is 4.79 Å². The zero-order valence-corrected chi connectivity index (χ0v) is 8.60. The maximum absolute atomic E-state index is 11.4. The molecule has 0 aliphatic heterocycles. The highest BCUT2D eigenvalue weighted by atomic mass is 16.2. The van der Waals surface area contributed by atoms with Gasteiger partial charge >= 0.3 is 0 Å². The molecular formula is C9H16N4O. The van der Waals surface area contributed by atoms with Gasteiger partial charge in [-0.25, -0.2) is 4.68 Å². The van der Waals surface area contributed by atoms with Crippen molar-refractivity contribution in [2.24, 2.45) is 0 Å². The molecule has 1 rings (SSSR count). The minimum atomic E-state index is -0.0172. The standard InChI is InChI=1S/C9H16N4O/c1-3-4-8(2)11-9(14)7-13-6-5-10-12-13/h5-6,8H,3-4,7H2,1-2H3,(H,11,14). The Morgan fingerprint density at radius 1 is 1.64 bits per heavy atom. The predicted molar refractivity (Wildman–Crippen MR) is 52.5 cm³/mol. The maximum atomic E-state index is 11.4. The Kier molecular flexibility index (Phi) is 4.10. The first-order chi connectivity index (χ1) is 6.72. The fourth-order valence-corrected chi connectivity index (χ4v) is 1.29. The first-order valence-electron chi connectivity index (χ1n) is 4.86. The van der Waals surface area contributed by atoms with Crippen LogP contribution in [0, 0.1) is 0 Å². The average Bonchev–Trinajstić information content (AvgIpc) is 2.56. The second-order valence-corrected chi connectivity index (χ2v) is 3.36. The summed E-state index contributed by atoms with van der Waals surface area (Å²) in [4.78, 5) is 11.4. The molecule has 1 heterocycles. The Morgan fingerprint density at radius 3 is 3.00 bits per heavy atom. The van der Waals surface area contributed by atoms with Crippen molar-refractivity contribution >= 4 is 5.91 Å². The summed E-state index contributed by atoms with van der Waals surface area (Å²) in [5.41, 5.74) is 0.